The van der Waals surface area contributed by atoms with Gasteiger partial charge in [-0.1, -0.05) is 0 Å². The van der Waals surface area contributed by atoms with Gasteiger partial charge in [0.25, 0.3) is 0 Å². The summed E-state index contributed by atoms with van der Waals surface area (Å²) in [7, 11) is 0. The summed E-state index contributed by atoms with van der Waals surface area (Å²) >= 11 is 1.51. The monoisotopic (exact) mass is 341 g/mol. The van der Waals surface area contributed by atoms with Crippen LogP contribution in [0.5, 0.6) is 0 Å². The first kappa shape index (κ1) is 16.4. The second-order valence-electron chi connectivity index (χ2n) is 5.48. The van der Waals surface area contributed by atoms with E-state index in [4.69, 9.17) is 0 Å². The first-order chi connectivity index (χ1) is 11.7. The van der Waals surface area contributed by atoms with Crippen LogP contribution in [0.15, 0.2) is 47.9 Å². The van der Waals surface area contributed by atoms with E-state index >= 15 is 0 Å². The number of aromatic nitrogens is 4. The molecule has 6 nitrogen and oxygen atoms in total. The van der Waals surface area contributed by atoms with Crippen LogP contribution >= 0.6 is 11.8 Å². The molecule has 0 saturated heterocycles. The van der Waals surface area contributed by atoms with Crippen molar-refractivity contribution < 1.29 is 4.79 Å². The summed E-state index contributed by atoms with van der Waals surface area (Å²) in [5.74, 6) is 0.470. The van der Waals surface area contributed by atoms with Gasteiger partial charge in [0.15, 0.2) is 5.65 Å². The summed E-state index contributed by atoms with van der Waals surface area (Å²) in [4.78, 5) is 21.2. The normalized spacial score (nSPS) is 10.9. The number of carbonyl (C=O) groups is 1. The number of rotatable bonds is 7. The summed E-state index contributed by atoms with van der Waals surface area (Å²) in [6, 6.07) is 5.75. The van der Waals surface area contributed by atoms with Gasteiger partial charge in [-0.15, -0.1) is 11.8 Å². The van der Waals surface area contributed by atoms with Gasteiger partial charge in [0.2, 0.25) is 5.91 Å². The fourth-order valence-corrected chi connectivity index (χ4v) is 3.03. The van der Waals surface area contributed by atoms with E-state index < -0.39 is 0 Å². The molecule has 1 amide bonds. The van der Waals surface area contributed by atoms with E-state index in [0.29, 0.717) is 12.3 Å². The van der Waals surface area contributed by atoms with Gasteiger partial charge >= 0.3 is 0 Å². The molecule has 0 atom stereocenters. The molecule has 0 aromatic carbocycles. The van der Waals surface area contributed by atoms with Crippen LogP contribution in [-0.4, -0.2) is 37.8 Å². The zero-order valence-corrected chi connectivity index (χ0v) is 14.3. The van der Waals surface area contributed by atoms with Crippen LogP contribution < -0.4 is 5.32 Å². The van der Waals surface area contributed by atoms with E-state index in [0.717, 1.165) is 34.6 Å². The number of hydrogen-bond acceptors (Lipinski definition) is 5. The molecule has 124 valence electrons. The Balaban J connectivity index is 1.38. The molecule has 0 aliphatic heterocycles. The minimum Gasteiger partial charge on any atom is -0.355 e. The second-order valence-corrected chi connectivity index (χ2v) is 6.52. The Morgan fingerprint density at radius 2 is 2.17 bits per heavy atom. The molecule has 24 heavy (non-hydrogen) atoms. The Bertz CT molecular complexity index is 818. The lowest BCUT2D eigenvalue weighted by Gasteiger charge is -2.05. The van der Waals surface area contributed by atoms with Crippen molar-refractivity contribution in [2.45, 2.75) is 24.7 Å². The molecule has 3 aromatic rings. The maximum atomic E-state index is 11.8. The van der Waals surface area contributed by atoms with E-state index in [9.17, 15) is 4.79 Å². The van der Waals surface area contributed by atoms with Crippen LogP contribution in [0.1, 0.15) is 17.7 Å². The molecule has 7 heteroatoms. The second kappa shape index (κ2) is 7.92. The molecule has 3 heterocycles. The van der Waals surface area contributed by atoms with Crippen molar-refractivity contribution >= 4 is 23.3 Å². The van der Waals surface area contributed by atoms with Gasteiger partial charge in [-0.3, -0.25) is 9.78 Å². The molecule has 3 aromatic heterocycles. The highest BCUT2D eigenvalue weighted by Crippen LogP contribution is 2.15. The SMILES string of the molecule is Cc1cc2ncc(CCCNC(=O)CSc3ccncc3)cn2n1. The fourth-order valence-electron chi connectivity index (χ4n) is 2.32. The quantitative estimate of drug-likeness (QED) is 0.527. The molecule has 0 bridgehead atoms. The van der Waals surface area contributed by atoms with E-state index in [1.54, 1.807) is 16.9 Å². The molecular weight excluding hydrogens is 322 g/mol. The highest BCUT2D eigenvalue weighted by Gasteiger charge is 2.04. The molecule has 0 aliphatic carbocycles. The molecule has 3 rings (SSSR count). The average Bonchev–Trinajstić information content (AvgIpc) is 2.97. The zero-order valence-electron chi connectivity index (χ0n) is 13.5. The van der Waals surface area contributed by atoms with Gasteiger partial charge in [-0.2, -0.15) is 5.10 Å². The van der Waals surface area contributed by atoms with Crippen LogP contribution in [0.3, 0.4) is 0 Å². The van der Waals surface area contributed by atoms with Crippen molar-refractivity contribution in [2.75, 3.05) is 12.3 Å². The highest BCUT2D eigenvalue weighted by atomic mass is 32.2. The van der Waals surface area contributed by atoms with Crippen molar-refractivity contribution in [1.29, 1.82) is 0 Å². The van der Waals surface area contributed by atoms with Crippen LogP contribution in [0.2, 0.25) is 0 Å². The predicted molar refractivity (Wildman–Crippen MR) is 94.0 cm³/mol. The number of fused-ring (bicyclic) bond motifs is 1. The van der Waals surface area contributed by atoms with Crippen LogP contribution in [-0.2, 0) is 11.2 Å². The van der Waals surface area contributed by atoms with E-state index in [2.05, 4.69) is 20.4 Å². The van der Waals surface area contributed by atoms with E-state index in [1.807, 2.05) is 37.5 Å². The first-order valence-corrected chi connectivity index (χ1v) is 8.80. The number of pyridine rings is 1. The molecule has 0 saturated carbocycles. The number of amides is 1. The van der Waals surface area contributed by atoms with Gasteiger partial charge in [0.05, 0.1) is 11.4 Å². The standard InChI is InChI=1S/C17H19N5OS/c1-13-9-16-20-10-14(11-22(16)21-13)3-2-6-19-17(23)12-24-15-4-7-18-8-5-15/h4-5,7-11H,2-3,6,12H2,1H3,(H,19,23). The van der Waals surface area contributed by atoms with E-state index in [1.165, 1.54) is 11.8 Å². The van der Waals surface area contributed by atoms with Gasteiger partial charge in [0.1, 0.15) is 0 Å². The van der Waals surface area contributed by atoms with Gasteiger partial charge in [-0.25, -0.2) is 9.50 Å². The van der Waals surface area contributed by atoms with Crippen molar-refractivity contribution in [2.24, 2.45) is 0 Å². The van der Waals surface area contributed by atoms with Gasteiger partial charge in [0, 0.05) is 42.3 Å². The number of nitrogens with zero attached hydrogens (tertiary/aromatic N) is 4. The summed E-state index contributed by atoms with van der Waals surface area (Å²) in [6.07, 6.45) is 9.06. The molecule has 0 aliphatic rings. The maximum Gasteiger partial charge on any atom is 0.230 e. The van der Waals surface area contributed by atoms with Gasteiger partial charge < -0.3 is 5.32 Å². The molecule has 0 radical (unpaired) electrons. The Kier molecular flexibility index (Phi) is 5.43. The van der Waals surface area contributed by atoms with E-state index in [-0.39, 0.29) is 5.91 Å². The number of thioether (sulfide) groups is 1. The third kappa shape index (κ3) is 4.55. The van der Waals surface area contributed by atoms with Crippen molar-refractivity contribution in [3.63, 3.8) is 0 Å². The minimum atomic E-state index is 0.0492. The Labute approximate surface area is 144 Å². The van der Waals surface area contributed by atoms with Crippen LogP contribution in [0.4, 0.5) is 0 Å². The lowest BCUT2D eigenvalue weighted by atomic mass is 10.2. The number of carbonyl (C=O) groups excluding carboxylic acids is 1. The molecular formula is C17H19N5OS. The largest absolute Gasteiger partial charge is 0.355 e. The summed E-state index contributed by atoms with van der Waals surface area (Å²) in [5, 5.41) is 7.31. The zero-order chi connectivity index (χ0) is 16.8. The minimum absolute atomic E-state index is 0.0492. The van der Waals surface area contributed by atoms with Gasteiger partial charge in [-0.05, 0) is 37.5 Å². The number of nitrogens with one attached hydrogen (secondary N) is 1. The molecule has 0 unspecified atom stereocenters. The Hall–Kier alpha value is -2.41. The third-order valence-corrected chi connectivity index (χ3v) is 4.49. The number of hydrogen-bond donors (Lipinski definition) is 1. The number of aryl methyl sites for hydroxylation is 2. The summed E-state index contributed by atoms with van der Waals surface area (Å²) < 4.78 is 1.80. The van der Waals surface area contributed by atoms with Crippen LogP contribution in [0.25, 0.3) is 5.65 Å². The lowest BCUT2D eigenvalue weighted by molar-refractivity contribution is -0.118. The summed E-state index contributed by atoms with van der Waals surface area (Å²) in [5.41, 5.74) is 2.93. The lowest BCUT2D eigenvalue weighted by Crippen LogP contribution is -2.26. The topological polar surface area (TPSA) is 72.2 Å². The third-order valence-electron chi connectivity index (χ3n) is 3.47. The Morgan fingerprint density at radius 3 is 3.00 bits per heavy atom. The maximum absolute atomic E-state index is 11.8. The molecule has 1 N–H and O–H groups in total. The Morgan fingerprint density at radius 1 is 1.33 bits per heavy atom. The van der Waals surface area contributed by atoms with Crippen LogP contribution in [0, 0.1) is 6.92 Å². The summed E-state index contributed by atoms with van der Waals surface area (Å²) in [6.45, 7) is 2.61. The first-order valence-electron chi connectivity index (χ1n) is 7.81. The van der Waals surface area contributed by atoms with Crippen molar-refractivity contribution in [3.05, 3.63) is 54.2 Å². The van der Waals surface area contributed by atoms with Crippen molar-refractivity contribution in [1.82, 2.24) is 24.9 Å². The molecule has 0 fully saturated rings. The average molecular weight is 341 g/mol. The fraction of sp³-hybridized carbons (Fsp3) is 0.294. The highest BCUT2D eigenvalue weighted by molar-refractivity contribution is 8.00. The smallest absolute Gasteiger partial charge is 0.230 e. The molecule has 0 spiro atoms. The van der Waals surface area contributed by atoms with Crippen molar-refractivity contribution in [3.8, 4) is 0 Å². The predicted octanol–water partition coefficient (Wildman–Crippen LogP) is 2.27.